The van der Waals surface area contributed by atoms with Gasteiger partial charge < -0.3 is 23.7 Å². The molecule has 0 saturated carbocycles. The highest BCUT2D eigenvalue weighted by Crippen LogP contribution is 2.35. The normalized spacial score (nSPS) is 10.3. The minimum Gasteiger partial charge on any atom is -0.493 e. The Bertz CT molecular complexity index is 1250. The van der Waals surface area contributed by atoms with Crippen molar-refractivity contribution in [1.29, 1.82) is 0 Å². The summed E-state index contributed by atoms with van der Waals surface area (Å²) in [5, 5.41) is 0. The second kappa shape index (κ2) is 15.1. The van der Waals surface area contributed by atoms with Crippen LogP contribution in [-0.4, -0.2) is 44.3 Å². The number of hydrogen-bond acceptors (Lipinski definition) is 8. The Labute approximate surface area is 227 Å². The third kappa shape index (κ3) is 10.1. The minimum absolute atomic E-state index is 0.136. The number of esters is 3. The van der Waals surface area contributed by atoms with Crippen molar-refractivity contribution >= 4 is 17.9 Å². The Morgan fingerprint density at radius 3 is 1.79 bits per heavy atom. The first kappa shape index (κ1) is 30.8. The lowest BCUT2D eigenvalue weighted by Crippen LogP contribution is -2.10. The van der Waals surface area contributed by atoms with Crippen molar-refractivity contribution in [3.05, 3.63) is 78.7 Å². The number of carbonyl (C=O) groups is 3. The van der Waals surface area contributed by atoms with Crippen LogP contribution in [0.1, 0.15) is 33.6 Å². The van der Waals surface area contributed by atoms with Crippen LogP contribution in [0.5, 0.6) is 17.2 Å². The van der Waals surface area contributed by atoms with E-state index >= 15 is 0 Å². The van der Waals surface area contributed by atoms with Gasteiger partial charge in [0.2, 0.25) is 0 Å². The lowest BCUT2D eigenvalue weighted by atomic mass is 10.0. The highest BCUT2D eigenvalue weighted by Gasteiger charge is 2.15. The van der Waals surface area contributed by atoms with E-state index in [2.05, 4.69) is 19.7 Å². The number of hydrogen-bond donors (Lipinski definition) is 0. The van der Waals surface area contributed by atoms with Crippen LogP contribution in [-0.2, 0) is 23.9 Å². The molecule has 0 amide bonds. The standard InChI is InChI=1S/C30H33FO8/c1-19(2)28(32)37-15-7-13-35-23-10-11-24(27(18-23)36-14-8-16-38-29(33)20(3)4)22-9-12-26(25(31)17-22)39-30(34)21(5)6/h9-12,17-18H,1,3,5,7-8,13-16H2,2,4,6H3. The molecule has 0 aliphatic rings. The van der Waals surface area contributed by atoms with Crippen molar-refractivity contribution in [3.63, 3.8) is 0 Å². The van der Waals surface area contributed by atoms with E-state index in [9.17, 15) is 18.8 Å². The third-order valence-electron chi connectivity index (χ3n) is 5.01. The van der Waals surface area contributed by atoms with Gasteiger partial charge in [0.25, 0.3) is 0 Å². The first-order chi connectivity index (χ1) is 18.5. The van der Waals surface area contributed by atoms with Crippen molar-refractivity contribution in [3.8, 4) is 28.4 Å². The number of rotatable bonds is 15. The maximum atomic E-state index is 14.7. The van der Waals surface area contributed by atoms with Gasteiger partial charge in [0, 0.05) is 41.2 Å². The molecule has 0 bridgehead atoms. The average Bonchev–Trinajstić information content (AvgIpc) is 2.89. The Hall–Kier alpha value is -4.40. The highest BCUT2D eigenvalue weighted by molar-refractivity contribution is 5.89. The van der Waals surface area contributed by atoms with Crippen molar-refractivity contribution in [2.24, 2.45) is 0 Å². The van der Waals surface area contributed by atoms with Gasteiger partial charge in [0.05, 0.1) is 26.4 Å². The number of ether oxygens (including phenoxy) is 5. The molecule has 0 saturated heterocycles. The maximum absolute atomic E-state index is 14.7. The highest BCUT2D eigenvalue weighted by atomic mass is 19.1. The van der Waals surface area contributed by atoms with Gasteiger partial charge in [-0.15, -0.1) is 0 Å². The molecule has 2 rings (SSSR count). The Morgan fingerprint density at radius 2 is 1.26 bits per heavy atom. The van der Waals surface area contributed by atoms with E-state index in [0.29, 0.717) is 46.6 Å². The monoisotopic (exact) mass is 540 g/mol. The fraction of sp³-hybridized carbons (Fsp3) is 0.300. The first-order valence-electron chi connectivity index (χ1n) is 12.2. The molecule has 2 aromatic rings. The Kier molecular flexibility index (Phi) is 11.9. The summed E-state index contributed by atoms with van der Waals surface area (Å²) in [7, 11) is 0. The molecule has 0 unspecified atom stereocenters. The summed E-state index contributed by atoms with van der Waals surface area (Å²) >= 11 is 0. The van der Waals surface area contributed by atoms with Gasteiger partial charge in [-0.1, -0.05) is 25.8 Å². The van der Waals surface area contributed by atoms with Gasteiger partial charge in [0.15, 0.2) is 11.6 Å². The van der Waals surface area contributed by atoms with E-state index in [-0.39, 0.29) is 37.8 Å². The van der Waals surface area contributed by atoms with Crippen molar-refractivity contribution in [2.45, 2.75) is 33.6 Å². The number of benzene rings is 2. The predicted octanol–water partition coefficient (Wildman–Crippen LogP) is 5.75. The van der Waals surface area contributed by atoms with Gasteiger partial charge in [-0.3, -0.25) is 0 Å². The summed E-state index contributed by atoms with van der Waals surface area (Å²) in [5.41, 5.74) is 1.81. The molecule has 0 aliphatic heterocycles. The van der Waals surface area contributed by atoms with Gasteiger partial charge in [-0.25, -0.2) is 18.8 Å². The van der Waals surface area contributed by atoms with E-state index in [0.717, 1.165) is 0 Å². The molecule has 208 valence electrons. The summed E-state index contributed by atoms with van der Waals surface area (Å²) in [6.07, 6.45) is 0.864. The number of halogens is 1. The number of carbonyl (C=O) groups excluding carboxylic acids is 3. The predicted molar refractivity (Wildman–Crippen MR) is 144 cm³/mol. The quantitative estimate of drug-likeness (QED) is 0.122. The molecule has 0 fully saturated rings. The smallest absolute Gasteiger partial charge is 0.338 e. The fourth-order valence-electron chi connectivity index (χ4n) is 2.95. The largest absolute Gasteiger partial charge is 0.493 e. The van der Waals surface area contributed by atoms with Crippen LogP contribution < -0.4 is 14.2 Å². The molecule has 0 atom stereocenters. The zero-order valence-corrected chi connectivity index (χ0v) is 22.5. The lowest BCUT2D eigenvalue weighted by Gasteiger charge is -2.15. The van der Waals surface area contributed by atoms with Crippen LogP contribution >= 0.6 is 0 Å². The third-order valence-corrected chi connectivity index (χ3v) is 5.01. The Morgan fingerprint density at radius 1 is 0.692 bits per heavy atom. The van der Waals surface area contributed by atoms with Crippen molar-refractivity contribution < 1.29 is 42.5 Å². The van der Waals surface area contributed by atoms with E-state index in [1.807, 2.05) is 0 Å². The van der Waals surface area contributed by atoms with Crippen LogP contribution in [0.2, 0.25) is 0 Å². The molecule has 2 aromatic carbocycles. The second-order valence-corrected chi connectivity index (χ2v) is 8.71. The maximum Gasteiger partial charge on any atom is 0.338 e. The van der Waals surface area contributed by atoms with Gasteiger partial charge >= 0.3 is 17.9 Å². The van der Waals surface area contributed by atoms with E-state index in [1.54, 1.807) is 38.1 Å². The van der Waals surface area contributed by atoms with Crippen LogP contribution in [0.3, 0.4) is 0 Å². The zero-order valence-electron chi connectivity index (χ0n) is 22.5. The van der Waals surface area contributed by atoms with Crippen LogP contribution in [0, 0.1) is 5.82 Å². The molecule has 0 spiro atoms. The van der Waals surface area contributed by atoms with Crippen molar-refractivity contribution in [2.75, 3.05) is 26.4 Å². The molecule has 0 heterocycles. The molecule has 39 heavy (non-hydrogen) atoms. The van der Waals surface area contributed by atoms with Crippen molar-refractivity contribution in [1.82, 2.24) is 0 Å². The van der Waals surface area contributed by atoms with E-state index in [4.69, 9.17) is 23.7 Å². The van der Waals surface area contributed by atoms with Crippen LogP contribution in [0.25, 0.3) is 11.1 Å². The van der Waals surface area contributed by atoms with Gasteiger partial charge in [-0.2, -0.15) is 0 Å². The lowest BCUT2D eigenvalue weighted by molar-refractivity contribution is -0.140. The Balaban J connectivity index is 2.15. The molecule has 9 heteroatoms. The topological polar surface area (TPSA) is 97.4 Å². The summed E-state index contributed by atoms with van der Waals surface area (Å²) in [5.74, 6) is -1.74. The van der Waals surface area contributed by atoms with Crippen LogP contribution in [0.15, 0.2) is 72.9 Å². The summed E-state index contributed by atoms with van der Waals surface area (Å²) in [6.45, 7) is 15.9. The molecule has 8 nitrogen and oxygen atoms in total. The van der Waals surface area contributed by atoms with E-state index in [1.165, 1.54) is 19.1 Å². The van der Waals surface area contributed by atoms with Gasteiger partial charge in [0.1, 0.15) is 11.5 Å². The fourth-order valence-corrected chi connectivity index (χ4v) is 2.95. The minimum atomic E-state index is -0.732. The SMILES string of the molecule is C=C(C)C(=O)OCCCOc1ccc(-c2ccc(OC(=O)C(=C)C)c(F)c2)c(OCCCOC(=O)C(=C)C)c1. The summed E-state index contributed by atoms with van der Waals surface area (Å²) in [6, 6.07) is 9.24. The zero-order chi connectivity index (χ0) is 28.9. The molecular weight excluding hydrogens is 507 g/mol. The summed E-state index contributed by atoms with van der Waals surface area (Å²) in [4.78, 5) is 34.8. The van der Waals surface area contributed by atoms with E-state index < -0.39 is 23.7 Å². The average molecular weight is 541 g/mol. The van der Waals surface area contributed by atoms with Gasteiger partial charge in [-0.05, 0) is 50.6 Å². The summed E-state index contributed by atoms with van der Waals surface area (Å²) < 4.78 is 41.6. The first-order valence-corrected chi connectivity index (χ1v) is 12.2. The molecule has 0 radical (unpaired) electrons. The van der Waals surface area contributed by atoms with Crippen LogP contribution in [0.4, 0.5) is 4.39 Å². The second-order valence-electron chi connectivity index (χ2n) is 8.71. The molecule has 0 N–H and O–H groups in total. The molecular formula is C30H33FO8. The molecule has 0 aromatic heterocycles. The molecule has 0 aliphatic carbocycles.